The molecule has 130 valence electrons. The van der Waals surface area contributed by atoms with Gasteiger partial charge in [0.2, 0.25) is 5.91 Å². The molecule has 0 aromatic carbocycles. The normalized spacial score (nSPS) is 21.2. The first-order chi connectivity index (χ1) is 11.5. The maximum absolute atomic E-state index is 12.8. The molecule has 0 bridgehead atoms. The third kappa shape index (κ3) is 3.34. The molecule has 1 aliphatic heterocycles. The maximum atomic E-state index is 12.8. The van der Waals surface area contributed by atoms with E-state index in [0.717, 1.165) is 35.7 Å². The van der Waals surface area contributed by atoms with Crippen molar-refractivity contribution in [3.8, 4) is 0 Å². The molecule has 5 nitrogen and oxygen atoms in total. The average molecular weight is 348 g/mol. The minimum Gasteiger partial charge on any atom is -0.467 e. The van der Waals surface area contributed by atoms with Gasteiger partial charge >= 0.3 is 4.87 Å². The molecule has 1 aliphatic rings. The summed E-state index contributed by atoms with van der Waals surface area (Å²) in [5, 5.41) is 0. The van der Waals surface area contributed by atoms with E-state index in [4.69, 9.17) is 4.42 Å². The summed E-state index contributed by atoms with van der Waals surface area (Å²) >= 11 is 1.25. The molecule has 0 N–H and O–H groups in total. The second-order valence-electron chi connectivity index (χ2n) is 6.66. The number of piperidine rings is 1. The van der Waals surface area contributed by atoms with Gasteiger partial charge in [-0.25, -0.2) is 0 Å². The van der Waals surface area contributed by atoms with Crippen molar-refractivity contribution in [2.45, 2.75) is 52.6 Å². The molecule has 1 saturated heterocycles. The molecule has 24 heavy (non-hydrogen) atoms. The summed E-state index contributed by atoms with van der Waals surface area (Å²) < 4.78 is 7.27. The zero-order valence-electron chi connectivity index (χ0n) is 14.4. The van der Waals surface area contributed by atoms with Crippen LogP contribution in [0, 0.1) is 19.8 Å². The zero-order chi connectivity index (χ0) is 17.3. The number of hydrogen-bond donors (Lipinski definition) is 0. The molecule has 0 saturated carbocycles. The van der Waals surface area contributed by atoms with E-state index in [2.05, 4.69) is 6.92 Å². The molecule has 0 spiro atoms. The maximum Gasteiger partial charge on any atom is 0.307 e. The van der Waals surface area contributed by atoms with Crippen molar-refractivity contribution in [2.75, 3.05) is 6.54 Å². The van der Waals surface area contributed by atoms with Gasteiger partial charge in [-0.1, -0.05) is 18.3 Å². The molecule has 0 radical (unpaired) electrons. The molecule has 2 aromatic rings. The fourth-order valence-corrected chi connectivity index (χ4v) is 4.25. The van der Waals surface area contributed by atoms with E-state index in [1.54, 1.807) is 10.8 Å². The molecular weight excluding hydrogens is 324 g/mol. The van der Waals surface area contributed by atoms with Crippen molar-refractivity contribution in [3.05, 3.63) is 44.4 Å². The third-order valence-electron chi connectivity index (χ3n) is 4.98. The number of thiazole rings is 1. The second kappa shape index (κ2) is 6.97. The first-order valence-corrected chi connectivity index (χ1v) is 9.28. The Bertz CT molecular complexity index is 760. The first-order valence-electron chi connectivity index (χ1n) is 8.47. The van der Waals surface area contributed by atoms with Crippen molar-refractivity contribution < 1.29 is 9.21 Å². The molecule has 1 fully saturated rings. The number of amides is 1. The summed E-state index contributed by atoms with van der Waals surface area (Å²) in [6.45, 7) is 7.30. The van der Waals surface area contributed by atoms with Crippen LogP contribution in [-0.4, -0.2) is 21.9 Å². The Kier molecular flexibility index (Phi) is 4.94. The van der Waals surface area contributed by atoms with E-state index < -0.39 is 0 Å². The molecule has 3 rings (SSSR count). The molecule has 1 amide bonds. The van der Waals surface area contributed by atoms with E-state index in [9.17, 15) is 9.59 Å². The Morgan fingerprint density at radius 3 is 2.83 bits per heavy atom. The van der Waals surface area contributed by atoms with Crippen LogP contribution in [0.1, 0.15) is 48.6 Å². The lowest BCUT2D eigenvalue weighted by molar-refractivity contribution is -0.136. The summed E-state index contributed by atoms with van der Waals surface area (Å²) in [5.41, 5.74) is 0.965. The fourth-order valence-electron chi connectivity index (χ4n) is 3.39. The number of hydrogen-bond acceptors (Lipinski definition) is 4. The number of carbonyl (C=O) groups excluding carboxylic acids is 1. The fraction of sp³-hybridized carbons (Fsp3) is 0.556. The van der Waals surface area contributed by atoms with Crippen LogP contribution in [0.2, 0.25) is 0 Å². The van der Waals surface area contributed by atoms with E-state index >= 15 is 0 Å². The van der Waals surface area contributed by atoms with E-state index in [0.29, 0.717) is 18.9 Å². The summed E-state index contributed by atoms with van der Waals surface area (Å²) in [6, 6.07) is 3.83. The Morgan fingerprint density at radius 2 is 2.21 bits per heavy atom. The number of aromatic nitrogens is 1. The molecule has 6 heteroatoms. The topological polar surface area (TPSA) is 55.5 Å². The Balaban J connectivity index is 1.72. The van der Waals surface area contributed by atoms with Gasteiger partial charge in [0.1, 0.15) is 5.76 Å². The largest absolute Gasteiger partial charge is 0.467 e. The van der Waals surface area contributed by atoms with Gasteiger partial charge in [0.25, 0.3) is 0 Å². The number of likely N-dealkylation sites (tertiary alicyclic amines) is 1. The number of carbonyl (C=O) groups is 1. The molecule has 2 atom stereocenters. The average Bonchev–Trinajstić information content (AvgIpc) is 3.15. The number of aryl methyl sites for hydroxylation is 1. The zero-order valence-corrected chi connectivity index (χ0v) is 15.3. The number of rotatable bonds is 4. The second-order valence-corrected chi connectivity index (χ2v) is 7.82. The lowest BCUT2D eigenvalue weighted by atomic mass is 9.91. The van der Waals surface area contributed by atoms with Gasteiger partial charge in [0, 0.05) is 30.1 Å². The minimum atomic E-state index is 0.0123. The Morgan fingerprint density at radius 1 is 1.42 bits per heavy atom. The van der Waals surface area contributed by atoms with Crippen LogP contribution < -0.4 is 4.87 Å². The van der Waals surface area contributed by atoms with Crippen LogP contribution in [0.4, 0.5) is 0 Å². The molecule has 0 aliphatic carbocycles. The summed E-state index contributed by atoms with van der Waals surface area (Å²) in [4.78, 5) is 27.7. The van der Waals surface area contributed by atoms with Crippen LogP contribution in [0.15, 0.2) is 27.6 Å². The highest BCUT2D eigenvalue weighted by Gasteiger charge is 2.32. The van der Waals surface area contributed by atoms with Crippen LogP contribution in [0.5, 0.6) is 0 Å². The predicted molar refractivity (Wildman–Crippen MR) is 94.2 cm³/mol. The van der Waals surface area contributed by atoms with Crippen LogP contribution in [0.25, 0.3) is 0 Å². The van der Waals surface area contributed by atoms with Gasteiger partial charge in [-0.3, -0.25) is 9.59 Å². The molecular formula is C18H24N2O3S. The van der Waals surface area contributed by atoms with Gasteiger partial charge in [0.05, 0.1) is 12.3 Å². The lowest BCUT2D eigenvalue weighted by Gasteiger charge is -2.37. The Labute approximate surface area is 145 Å². The number of nitrogens with zero attached hydrogens (tertiary/aromatic N) is 2. The standard InChI is InChI=1S/C18H24N2O3S/c1-12-6-8-20(15(11-12)16-5-4-10-23-16)17(21)7-9-19-13(2)14(3)24-18(19)22/h4-5,10,12,15H,6-9,11H2,1-3H3/t12-,15+/m0/s1. The van der Waals surface area contributed by atoms with Gasteiger partial charge < -0.3 is 13.9 Å². The van der Waals surface area contributed by atoms with Crippen LogP contribution in [-0.2, 0) is 11.3 Å². The highest BCUT2D eigenvalue weighted by atomic mass is 32.1. The molecule has 0 unspecified atom stereocenters. The highest BCUT2D eigenvalue weighted by Crippen LogP contribution is 2.34. The van der Waals surface area contributed by atoms with Crippen LogP contribution >= 0.6 is 11.3 Å². The number of furan rings is 1. The van der Waals surface area contributed by atoms with E-state index in [1.807, 2.05) is 30.9 Å². The molecule has 2 aromatic heterocycles. The first kappa shape index (κ1) is 17.0. The molecule has 3 heterocycles. The van der Waals surface area contributed by atoms with E-state index in [1.165, 1.54) is 11.3 Å². The van der Waals surface area contributed by atoms with E-state index in [-0.39, 0.29) is 16.8 Å². The summed E-state index contributed by atoms with van der Waals surface area (Å²) in [5.74, 6) is 1.53. The van der Waals surface area contributed by atoms with Crippen molar-refractivity contribution >= 4 is 17.2 Å². The highest BCUT2D eigenvalue weighted by molar-refractivity contribution is 7.09. The van der Waals surface area contributed by atoms with Crippen LogP contribution in [0.3, 0.4) is 0 Å². The van der Waals surface area contributed by atoms with Gasteiger partial charge in [-0.05, 0) is 44.7 Å². The smallest absolute Gasteiger partial charge is 0.307 e. The third-order valence-corrected chi connectivity index (χ3v) is 5.98. The summed E-state index contributed by atoms with van der Waals surface area (Å²) in [7, 11) is 0. The predicted octanol–water partition coefficient (Wildman–Crippen LogP) is 3.51. The van der Waals surface area contributed by atoms with Crippen molar-refractivity contribution in [2.24, 2.45) is 5.92 Å². The summed E-state index contributed by atoms with van der Waals surface area (Å²) in [6.07, 6.45) is 3.95. The lowest BCUT2D eigenvalue weighted by Crippen LogP contribution is -2.41. The monoisotopic (exact) mass is 348 g/mol. The van der Waals surface area contributed by atoms with Gasteiger partial charge in [0.15, 0.2) is 0 Å². The Hall–Kier alpha value is -1.82. The minimum absolute atomic E-state index is 0.0123. The van der Waals surface area contributed by atoms with Crippen molar-refractivity contribution in [3.63, 3.8) is 0 Å². The van der Waals surface area contributed by atoms with Gasteiger partial charge in [-0.2, -0.15) is 0 Å². The van der Waals surface area contributed by atoms with Crippen molar-refractivity contribution in [1.29, 1.82) is 0 Å². The quantitative estimate of drug-likeness (QED) is 0.849. The van der Waals surface area contributed by atoms with Crippen molar-refractivity contribution in [1.82, 2.24) is 9.47 Å². The SMILES string of the molecule is Cc1sc(=O)n(CCC(=O)N2CC[C@H](C)C[C@@H]2c2ccco2)c1C. The van der Waals surface area contributed by atoms with Gasteiger partial charge in [-0.15, -0.1) is 0 Å².